The minimum Gasteiger partial charge on any atom is -0.497 e. The second-order valence-corrected chi connectivity index (χ2v) is 11.9. The van der Waals surface area contributed by atoms with Gasteiger partial charge < -0.3 is 10.1 Å². The molecule has 11 heteroatoms. The molecular weight excluding hydrogens is 550 g/mol. The fraction of sp³-hybridized carbons (Fsp3) is 0.207. The summed E-state index contributed by atoms with van der Waals surface area (Å²) < 4.78 is 33.8. The molecule has 2 aromatic heterocycles. The Morgan fingerprint density at radius 2 is 1.80 bits per heavy atom. The van der Waals surface area contributed by atoms with Crippen LogP contribution in [0.1, 0.15) is 46.0 Å². The molecule has 0 spiro atoms. The molecule has 0 saturated carbocycles. The summed E-state index contributed by atoms with van der Waals surface area (Å²) in [6.45, 7) is 1.95. The van der Waals surface area contributed by atoms with E-state index < -0.39 is 22.0 Å². The van der Waals surface area contributed by atoms with Gasteiger partial charge in [0.05, 0.1) is 36.5 Å². The van der Waals surface area contributed by atoms with Gasteiger partial charge in [0, 0.05) is 29.9 Å². The third kappa shape index (κ3) is 5.79. The number of nitrogens with one attached hydrogen (secondary N) is 1. The lowest BCUT2D eigenvalue weighted by Crippen LogP contribution is -2.36. The summed E-state index contributed by atoms with van der Waals surface area (Å²) in [5, 5.41) is 8.26. The molecule has 1 amide bonds. The van der Waals surface area contributed by atoms with Gasteiger partial charge in [0.15, 0.2) is 5.69 Å². The molecule has 9 nitrogen and oxygen atoms in total. The highest BCUT2D eigenvalue weighted by molar-refractivity contribution is 7.88. The van der Waals surface area contributed by atoms with Crippen LogP contribution in [0.5, 0.6) is 5.75 Å². The van der Waals surface area contributed by atoms with Gasteiger partial charge in [-0.1, -0.05) is 29.8 Å². The molecule has 0 fully saturated rings. The van der Waals surface area contributed by atoms with Crippen LogP contribution in [0.25, 0.3) is 17.3 Å². The van der Waals surface area contributed by atoms with Gasteiger partial charge in [-0.25, -0.2) is 13.1 Å². The van der Waals surface area contributed by atoms with Crippen LogP contribution in [0.2, 0.25) is 5.02 Å². The number of amides is 1. The standard InChI is InChI=1S/C29H28ClN5O4S/c1-19(26-6-4-5-15-31-26)32-29(36)27-25-18-34(40(3,37)38)17-21(16-20-7-13-24(39-2)14-8-20)28(25)35(33-27)23-11-9-22(30)10-12-23/h4-16,19H,17-18H2,1-3H3,(H,32,36). The monoisotopic (exact) mass is 577 g/mol. The van der Waals surface area contributed by atoms with Crippen molar-refractivity contribution in [1.82, 2.24) is 24.4 Å². The van der Waals surface area contributed by atoms with Gasteiger partial charge in [-0.05, 0) is 72.7 Å². The Bertz CT molecular complexity index is 1670. The first-order chi connectivity index (χ1) is 19.1. The molecule has 1 aliphatic heterocycles. The Morgan fingerprint density at radius 1 is 1.07 bits per heavy atom. The number of benzene rings is 2. The fourth-order valence-electron chi connectivity index (χ4n) is 4.60. The van der Waals surface area contributed by atoms with E-state index in [9.17, 15) is 13.2 Å². The van der Waals surface area contributed by atoms with E-state index in [4.69, 9.17) is 21.4 Å². The average molecular weight is 578 g/mol. The number of carbonyl (C=O) groups excluding carboxylic acids is 1. The number of nitrogens with zero attached hydrogens (tertiary/aromatic N) is 4. The van der Waals surface area contributed by atoms with Crippen LogP contribution in [-0.2, 0) is 16.6 Å². The van der Waals surface area contributed by atoms with E-state index >= 15 is 0 Å². The lowest BCUT2D eigenvalue weighted by atomic mass is 9.98. The van der Waals surface area contributed by atoms with Gasteiger partial charge in [-0.15, -0.1) is 0 Å². The molecular formula is C29H28ClN5O4S. The minimum atomic E-state index is -3.60. The Balaban J connectivity index is 1.66. The van der Waals surface area contributed by atoms with Crippen LogP contribution in [0, 0.1) is 0 Å². The molecule has 0 radical (unpaired) electrons. The van der Waals surface area contributed by atoms with Crippen LogP contribution < -0.4 is 10.1 Å². The third-order valence-electron chi connectivity index (χ3n) is 6.66. The number of hydrogen-bond acceptors (Lipinski definition) is 6. The second-order valence-electron chi connectivity index (χ2n) is 9.49. The summed E-state index contributed by atoms with van der Waals surface area (Å²) in [7, 11) is -2.00. The zero-order valence-corrected chi connectivity index (χ0v) is 23.8. The van der Waals surface area contributed by atoms with E-state index in [0.29, 0.717) is 39.0 Å². The number of sulfonamides is 1. The molecule has 0 bridgehead atoms. The number of methoxy groups -OCH3 is 1. The zero-order valence-electron chi connectivity index (χ0n) is 22.2. The molecule has 1 aliphatic rings. The Kier molecular flexibility index (Phi) is 7.75. The SMILES string of the molecule is COc1ccc(C=C2CN(S(C)(=O)=O)Cc3c(C(=O)NC(C)c4ccccn4)nn(-c4ccc(Cl)cc4)c32)cc1. The number of carbonyl (C=O) groups is 1. The van der Waals surface area contributed by atoms with Crippen molar-refractivity contribution in [2.45, 2.75) is 19.5 Å². The molecule has 1 N–H and O–H groups in total. The zero-order chi connectivity index (χ0) is 28.4. The van der Waals surface area contributed by atoms with Crippen molar-refractivity contribution in [3.8, 4) is 11.4 Å². The number of aromatic nitrogens is 3. The molecule has 1 unspecified atom stereocenters. The first-order valence-corrected chi connectivity index (χ1v) is 14.8. The predicted molar refractivity (Wildman–Crippen MR) is 155 cm³/mol. The van der Waals surface area contributed by atoms with Crippen LogP contribution in [0.3, 0.4) is 0 Å². The van der Waals surface area contributed by atoms with Gasteiger partial charge in [-0.3, -0.25) is 9.78 Å². The second kappa shape index (κ2) is 11.2. The highest BCUT2D eigenvalue weighted by Crippen LogP contribution is 2.35. The smallest absolute Gasteiger partial charge is 0.272 e. The Morgan fingerprint density at radius 3 is 2.42 bits per heavy atom. The molecule has 40 heavy (non-hydrogen) atoms. The maximum atomic E-state index is 13.7. The topological polar surface area (TPSA) is 106 Å². The fourth-order valence-corrected chi connectivity index (χ4v) is 5.46. The van der Waals surface area contributed by atoms with Crippen molar-refractivity contribution in [3.63, 3.8) is 0 Å². The number of pyridine rings is 1. The summed E-state index contributed by atoms with van der Waals surface area (Å²) in [6, 6.07) is 19.6. The van der Waals surface area contributed by atoms with Crippen LogP contribution in [0.4, 0.5) is 0 Å². The molecule has 2 aromatic carbocycles. The molecule has 0 saturated heterocycles. The molecule has 3 heterocycles. The molecule has 206 valence electrons. The summed E-state index contributed by atoms with van der Waals surface area (Å²) in [4.78, 5) is 18.0. The highest BCUT2D eigenvalue weighted by atomic mass is 35.5. The number of halogens is 1. The first-order valence-electron chi connectivity index (χ1n) is 12.5. The quantitative estimate of drug-likeness (QED) is 0.340. The summed E-state index contributed by atoms with van der Waals surface area (Å²) >= 11 is 6.15. The largest absolute Gasteiger partial charge is 0.497 e. The third-order valence-corrected chi connectivity index (χ3v) is 8.11. The van der Waals surface area contributed by atoms with Crippen molar-refractivity contribution in [2.24, 2.45) is 0 Å². The van der Waals surface area contributed by atoms with Crippen LogP contribution in [0.15, 0.2) is 72.9 Å². The maximum absolute atomic E-state index is 13.7. The van der Waals surface area contributed by atoms with Gasteiger partial charge in [-0.2, -0.15) is 9.40 Å². The maximum Gasteiger partial charge on any atom is 0.272 e. The van der Waals surface area contributed by atoms with E-state index in [0.717, 1.165) is 11.8 Å². The van der Waals surface area contributed by atoms with E-state index in [1.165, 1.54) is 4.31 Å². The molecule has 0 aliphatic carbocycles. The normalized spacial score (nSPS) is 15.4. The van der Waals surface area contributed by atoms with Gasteiger partial charge in [0.25, 0.3) is 5.91 Å². The van der Waals surface area contributed by atoms with Crippen molar-refractivity contribution in [3.05, 3.63) is 106 Å². The molecule has 4 aromatic rings. The minimum absolute atomic E-state index is 0.00241. The van der Waals surface area contributed by atoms with E-state index in [1.807, 2.05) is 61.5 Å². The Hall–Kier alpha value is -3.99. The molecule has 1 atom stereocenters. The highest BCUT2D eigenvalue weighted by Gasteiger charge is 2.35. The van der Waals surface area contributed by atoms with E-state index in [2.05, 4.69) is 10.3 Å². The number of rotatable bonds is 7. The van der Waals surface area contributed by atoms with Gasteiger partial charge in [0.1, 0.15) is 5.75 Å². The van der Waals surface area contributed by atoms with Gasteiger partial charge >= 0.3 is 0 Å². The van der Waals surface area contributed by atoms with E-state index in [1.54, 1.807) is 36.2 Å². The lowest BCUT2D eigenvalue weighted by molar-refractivity contribution is 0.0932. The average Bonchev–Trinajstić information content (AvgIpc) is 3.34. The van der Waals surface area contributed by atoms with Crippen molar-refractivity contribution < 1.29 is 17.9 Å². The van der Waals surface area contributed by atoms with Crippen molar-refractivity contribution in [2.75, 3.05) is 19.9 Å². The van der Waals surface area contributed by atoms with Crippen molar-refractivity contribution in [1.29, 1.82) is 0 Å². The molecule has 5 rings (SSSR count). The van der Waals surface area contributed by atoms with Crippen LogP contribution >= 0.6 is 11.6 Å². The summed E-state index contributed by atoms with van der Waals surface area (Å²) in [5.41, 5.74) is 4.23. The summed E-state index contributed by atoms with van der Waals surface area (Å²) in [6.07, 6.45) is 4.73. The lowest BCUT2D eigenvalue weighted by Gasteiger charge is -2.28. The number of fused-ring (bicyclic) bond motifs is 1. The van der Waals surface area contributed by atoms with Crippen LogP contribution in [-0.4, -0.2) is 53.3 Å². The predicted octanol–water partition coefficient (Wildman–Crippen LogP) is 4.74. The summed E-state index contributed by atoms with van der Waals surface area (Å²) in [5.74, 6) is 0.276. The van der Waals surface area contributed by atoms with E-state index in [-0.39, 0.29) is 18.8 Å². The first kappa shape index (κ1) is 27.6. The van der Waals surface area contributed by atoms with Gasteiger partial charge in [0.2, 0.25) is 10.0 Å². The Labute approximate surface area is 238 Å². The number of hydrogen-bond donors (Lipinski definition) is 1. The van der Waals surface area contributed by atoms with Crippen molar-refractivity contribution >= 4 is 39.2 Å². The number of ether oxygens (including phenoxy) is 1.